The third-order valence-electron chi connectivity index (χ3n) is 3.37. The molecule has 0 N–H and O–H groups in total. The van der Waals surface area contributed by atoms with Crippen LogP contribution in [-0.2, 0) is 6.54 Å². The molecule has 1 heterocycles. The molecule has 3 heteroatoms. The third-order valence-corrected chi connectivity index (χ3v) is 3.37. The van der Waals surface area contributed by atoms with Crippen LogP contribution in [0.4, 0.5) is 0 Å². The van der Waals surface area contributed by atoms with Crippen LogP contribution < -0.4 is 0 Å². The maximum atomic E-state index is 12.2. The lowest BCUT2D eigenvalue weighted by Gasteiger charge is -2.17. The Hall–Kier alpha value is -2.55. The van der Waals surface area contributed by atoms with Gasteiger partial charge in [-0.25, -0.2) is 0 Å². The number of carbonyl (C=O) groups excluding carboxylic acids is 1. The van der Waals surface area contributed by atoms with Crippen LogP contribution in [0.5, 0.6) is 0 Å². The van der Waals surface area contributed by atoms with E-state index in [-0.39, 0.29) is 5.91 Å². The van der Waals surface area contributed by atoms with Crippen LogP contribution in [0.2, 0.25) is 0 Å². The molecule has 0 fully saturated rings. The van der Waals surface area contributed by atoms with Crippen LogP contribution in [0.25, 0.3) is 10.8 Å². The van der Waals surface area contributed by atoms with Gasteiger partial charge in [-0.2, -0.15) is 0 Å². The smallest absolute Gasteiger partial charge is 0.289 e. The van der Waals surface area contributed by atoms with Crippen molar-refractivity contribution in [3.63, 3.8) is 0 Å². The Balaban J connectivity index is 1.88. The van der Waals surface area contributed by atoms with Crippen molar-refractivity contribution in [1.82, 2.24) is 4.90 Å². The summed E-state index contributed by atoms with van der Waals surface area (Å²) in [6, 6.07) is 17.7. The number of rotatable bonds is 3. The zero-order valence-corrected chi connectivity index (χ0v) is 11.2. The zero-order chi connectivity index (χ0) is 13.9. The van der Waals surface area contributed by atoms with Gasteiger partial charge < -0.3 is 9.32 Å². The first-order valence-corrected chi connectivity index (χ1v) is 6.51. The predicted octanol–water partition coefficient (Wildman–Crippen LogP) is 3.71. The van der Waals surface area contributed by atoms with E-state index < -0.39 is 0 Å². The fraction of sp³-hybridized carbons (Fsp3) is 0.118. The lowest BCUT2D eigenvalue weighted by molar-refractivity contribution is 0.0754. The molecule has 0 radical (unpaired) electrons. The molecule has 0 unspecified atom stereocenters. The highest BCUT2D eigenvalue weighted by atomic mass is 16.3. The average molecular weight is 265 g/mol. The highest BCUT2D eigenvalue weighted by Crippen LogP contribution is 2.20. The van der Waals surface area contributed by atoms with Gasteiger partial charge in [-0.1, -0.05) is 42.5 Å². The molecular weight excluding hydrogens is 250 g/mol. The summed E-state index contributed by atoms with van der Waals surface area (Å²) in [5, 5.41) is 2.36. The van der Waals surface area contributed by atoms with Gasteiger partial charge in [0.15, 0.2) is 5.76 Å². The molecule has 3 nitrogen and oxygen atoms in total. The van der Waals surface area contributed by atoms with E-state index in [9.17, 15) is 4.79 Å². The molecule has 2 aromatic carbocycles. The standard InChI is InChI=1S/C17H15NO2/c1-18(17(19)16-10-5-11-20-16)12-14-8-4-7-13-6-2-3-9-15(13)14/h2-11H,12H2,1H3. The number of fused-ring (bicyclic) bond motifs is 1. The summed E-state index contributed by atoms with van der Waals surface area (Å²) >= 11 is 0. The lowest BCUT2D eigenvalue weighted by Crippen LogP contribution is -2.25. The lowest BCUT2D eigenvalue weighted by atomic mass is 10.0. The number of hydrogen-bond donors (Lipinski definition) is 0. The van der Waals surface area contributed by atoms with E-state index in [1.165, 1.54) is 17.0 Å². The van der Waals surface area contributed by atoms with Gasteiger partial charge in [0, 0.05) is 13.6 Å². The van der Waals surface area contributed by atoms with Gasteiger partial charge >= 0.3 is 0 Å². The number of nitrogens with zero attached hydrogens (tertiary/aromatic N) is 1. The van der Waals surface area contributed by atoms with E-state index in [0.29, 0.717) is 12.3 Å². The highest BCUT2D eigenvalue weighted by Gasteiger charge is 2.15. The van der Waals surface area contributed by atoms with E-state index in [4.69, 9.17) is 4.42 Å². The van der Waals surface area contributed by atoms with Crippen molar-refractivity contribution in [2.75, 3.05) is 7.05 Å². The third kappa shape index (κ3) is 2.30. The first-order chi connectivity index (χ1) is 9.75. The fourth-order valence-electron chi connectivity index (χ4n) is 2.35. The second-order valence-electron chi connectivity index (χ2n) is 4.78. The normalized spacial score (nSPS) is 10.7. The number of amides is 1. The summed E-state index contributed by atoms with van der Waals surface area (Å²) in [4.78, 5) is 13.8. The van der Waals surface area contributed by atoms with E-state index in [2.05, 4.69) is 18.2 Å². The molecule has 3 aromatic rings. The largest absolute Gasteiger partial charge is 0.459 e. The Morgan fingerprint density at radius 3 is 2.65 bits per heavy atom. The van der Waals surface area contributed by atoms with Gasteiger partial charge in [0.2, 0.25) is 0 Å². The summed E-state index contributed by atoms with van der Waals surface area (Å²) in [6.07, 6.45) is 1.51. The van der Waals surface area contributed by atoms with Gasteiger partial charge in [-0.05, 0) is 28.5 Å². The molecule has 1 aromatic heterocycles. The van der Waals surface area contributed by atoms with Crippen molar-refractivity contribution in [3.05, 3.63) is 72.2 Å². The average Bonchev–Trinajstić information content (AvgIpc) is 3.01. The molecule has 100 valence electrons. The molecule has 0 spiro atoms. The molecular formula is C17H15NO2. The van der Waals surface area contributed by atoms with Crippen LogP contribution in [0, 0.1) is 0 Å². The van der Waals surface area contributed by atoms with Gasteiger partial charge in [0.1, 0.15) is 0 Å². The maximum Gasteiger partial charge on any atom is 0.289 e. The Morgan fingerprint density at radius 2 is 1.85 bits per heavy atom. The minimum Gasteiger partial charge on any atom is -0.459 e. The molecule has 0 aliphatic carbocycles. The van der Waals surface area contributed by atoms with Crippen molar-refractivity contribution in [2.45, 2.75) is 6.54 Å². The topological polar surface area (TPSA) is 33.5 Å². The quantitative estimate of drug-likeness (QED) is 0.723. The summed E-state index contributed by atoms with van der Waals surface area (Å²) in [7, 11) is 1.78. The molecule has 3 rings (SSSR count). The first kappa shape index (κ1) is 12.5. The maximum absolute atomic E-state index is 12.2. The molecule has 0 saturated heterocycles. The minimum atomic E-state index is -0.108. The van der Waals surface area contributed by atoms with Crippen molar-refractivity contribution < 1.29 is 9.21 Å². The minimum absolute atomic E-state index is 0.108. The number of furan rings is 1. The summed E-state index contributed by atoms with van der Waals surface area (Å²) < 4.78 is 5.15. The van der Waals surface area contributed by atoms with Gasteiger partial charge in [0.25, 0.3) is 5.91 Å². The van der Waals surface area contributed by atoms with E-state index in [1.807, 2.05) is 24.3 Å². The summed E-state index contributed by atoms with van der Waals surface area (Å²) in [5.41, 5.74) is 1.13. The van der Waals surface area contributed by atoms with Crippen molar-refractivity contribution in [1.29, 1.82) is 0 Å². The SMILES string of the molecule is CN(Cc1cccc2ccccc12)C(=O)c1ccco1. The van der Waals surface area contributed by atoms with Crippen LogP contribution in [0.1, 0.15) is 16.1 Å². The van der Waals surface area contributed by atoms with Gasteiger partial charge in [-0.15, -0.1) is 0 Å². The van der Waals surface area contributed by atoms with Crippen LogP contribution in [0.3, 0.4) is 0 Å². The highest BCUT2D eigenvalue weighted by molar-refractivity contribution is 5.92. The van der Waals surface area contributed by atoms with Crippen LogP contribution >= 0.6 is 0 Å². The van der Waals surface area contributed by atoms with Crippen LogP contribution in [0.15, 0.2) is 65.3 Å². The molecule has 0 aliphatic heterocycles. The van der Waals surface area contributed by atoms with Crippen molar-refractivity contribution in [2.24, 2.45) is 0 Å². The van der Waals surface area contributed by atoms with Crippen molar-refractivity contribution in [3.8, 4) is 0 Å². The second kappa shape index (κ2) is 5.21. The molecule has 1 amide bonds. The Kier molecular flexibility index (Phi) is 3.25. The number of carbonyl (C=O) groups is 1. The van der Waals surface area contributed by atoms with E-state index in [1.54, 1.807) is 24.1 Å². The molecule has 20 heavy (non-hydrogen) atoms. The monoisotopic (exact) mass is 265 g/mol. The summed E-state index contributed by atoms with van der Waals surface area (Å²) in [6.45, 7) is 0.556. The van der Waals surface area contributed by atoms with E-state index >= 15 is 0 Å². The molecule has 0 atom stereocenters. The molecule has 0 bridgehead atoms. The van der Waals surface area contributed by atoms with E-state index in [0.717, 1.165) is 5.56 Å². The fourth-order valence-corrected chi connectivity index (χ4v) is 2.35. The zero-order valence-electron chi connectivity index (χ0n) is 11.2. The summed E-state index contributed by atoms with van der Waals surface area (Å²) in [5.74, 6) is 0.260. The van der Waals surface area contributed by atoms with Crippen LogP contribution in [-0.4, -0.2) is 17.9 Å². The van der Waals surface area contributed by atoms with Gasteiger partial charge in [-0.3, -0.25) is 4.79 Å². The molecule has 0 aliphatic rings. The second-order valence-corrected chi connectivity index (χ2v) is 4.78. The number of hydrogen-bond acceptors (Lipinski definition) is 2. The predicted molar refractivity (Wildman–Crippen MR) is 78.5 cm³/mol. The van der Waals surface area contributed by atoms with Gasteiger partial charge in [0.05, 0.1) is 6.26 Å². The molecule has 0 saturated carbocycles. The van der Waals surface area contributed by atoms with Crippen molar-refractivity contribution >= 4 is 16.7 Å². The first-order valence-electron chi connectivity index (χ1n) is 6.51. The Labute approximate surface area is 117 Å². The Morgan fingerprint density at radius 1 is 1.05 bits per heavy atom. The number of benzene rings is 2. The Bertz CT molecular complexity index is 726.